The van der Waals surface area contributed by atoms with Crippen LogP contribution in [0.4, 0.5) is 0 Å². The van der Waals surface area contributed by atoms with Gasteiger partial charge in [0.2, 0.25) is 0 Å². The lowest BCUT2D eigenvalue weighted by atomic mass is 9.99. The molecule has 0 atom stereocenters. The molecule has 0 saturated heterocycles. The van der Waals surface area contributed by atoms with Gasteiger partial charge in [-0.3, -0.25) is 4.79 Å². The van der Waals surface area contributed by atoms with E-state index >= 15 is 0 Å². The number of carbonyl (C=O) groups is 1. The van der Waals surface area contributed by atoms with Crippen molar-refractivity contribution in [1.29, 1.82) is 0 Å². The number of aromatic nitrogens is 1. The predicted molar refractivity (Wildman–Crippen MR) is 135 cm³/mol. The molecule has 2 heterocycles. The summed E-state index contributed by atoms with van der Waals surface area (Å²) in [6.45, 7) is 6.33. The number of amides is 1. The van der Waals surface area contributed by atoms with Crippen LogP contribution in [0, 0.1) is 0 Å². The Morgan fingerprint density at radius 2 is 1.84 bits per heavy atom. The zero-order valence-corrected chi connectivity index (χ0v) is 19.8. The highest BCUT2D eigenvalue weighted by Crippen LogP contribution is 2.27. The molecule has 4 nitrogen and oxygen atoms in total. The Morgan fingerprint density at radius 1 is 1.09 bits per heavy atom. The van der Waals surface area contributed by atoms with Gasteiger partial charge in [0.1, 0.15) is 0 Å². The second-order valence-corrected chi connectivity index (χ2v) is 9.52. The molecule has 0 aliphatic rings. The van der Waals surface area contributed by atoms with Gasteiger partial charge in [-0.15, -0.1) is 11.3 Å². The molecule has 162 valence electrons. The quantitative estimate of drug-likeness (QED) is 0.242. The third kappa shape index (κ3) is 4.74. The minimum Gasteiger partial charge on any atom is -0.267 e. The second kappa shape index (κ2) is 9.63. The van der Waals surface area contributed by atoms with E-state index in [0.717, 1.165) is 32.7 Å². The van der Waals surface area contributed by atoms with Crippen LogP contribution in [0.3, 0.4) is 0 Å². The van der Waals surface area contributed by atoms with Gasteiger partial charge in [-0.25, -0.2) is 10.4 Å². The number of benzene rings is 2. The minimum absolute atomic E-state index is 0.266. The van der Waals surface area contributed by atoms with Crippen molar-refractivity contribution < 1.29 is 4.79 Å². The number of rotatable bonds is 6. The maximum Gasteiger partial charge on any atom is 0.272 e. The normalized spacial score (nSPS) is 11.8. The molecule has 6 heteroatoms. The average Bonchev–Trinajstić information content (AvgIpc) is 3.24. The zero-order chi connectivity index (χ0) is 22.7. The van der Waals surface area contributed by atoms with Crippen molar-refractivity contribution >= 4 is 45.5 Å². The van der Waals surface area contributed by atoms with Crippen LogP contribution < -0.4 is 5.43 Å². The van der Waals surface area contributed by atoms with Crippen molar-refractivity contribution in [3.05, 3.63) is 87.1 Å². The molecule has 0 spiro atoms. The first-order valence-corrected chi connectivity index (χ1v) is 11.8. The monoisotopic (exact) mass is 461 g/mol. The van der Waals surface area contributed by atoms with Gasteiger partial charge >= 0.3 is 0 Å². The van der Waals surface area contributed by atoms with E-state index in [1.165, 1.54) is 16.9 Å². The molecule has 0 fully saturated rings. The van der Waals surface area contributed by atoms with Crippen LogP contribution in [-0.4, -0.2) is 16.6 Å². The fourth-order valence-electron chi connectivity index (χ4n) is 3.51. The fourth-order valence-corrected chi connectivity index (χ4v) is 4.61. The van der Waals surface area contributed by atoms with Crippen LogP contribution in [-0.2, 0) is 0 Å². The van der Waals surface area contributed by atoms with E-state index in [1.54, 1.807) is 0 Å². The Bertz CT molecular complexity index is 1290. The van der Waals surface area contributed by atoms with Crippen LogP contribution in [0.25, 0.3) is 22.2 Å². The van der Waals surface area contributed by atoms with E-state index in [0.29, 0.717) is 22.2 Å². The van der Waals surface area contributed by atoms with E-state index in [9.17, 15) is 4.79 Å². The van der Waals surface area contributed by atoms with Crippen molar-refractivity contribution in [2.45, 2.75) is 33.1 Å². The number of fused-ring (bicyclic) bond motifs is 1. The Hall–Kier alpha value is -3.02. The summed E-state index contributed by atoms with van der Waals surface area (Å²) in [5, 5.41) is 5.18. The lowest BCUT2D eigenvalue weighted by Crippen LogP contribution is -2.20. The summed E-state index contributed by atoms with van der Waals surface area (Å²) in [7, 11) is 0. The number of hydrogen-bond acceptors (Lipinski definition) is 4. The Labute approximate surface area is 197 Å². The summed E-state index contributed by atoms with van der Waals surface area (Å²) in [6.07, 6.45) is 0.682. The summed E-state index contributed by atoms with van der Waals surface area (Å²) < 4.78 is 0.695. The highest BCUT2D eigenvalue weighted by molar-refractivity contribution is 7.18. The third-order valence-electron chi connectivity index (χ3n) is 5.32. The number of carbonyl (C=O) groups excluding carboxylic acids is 1. The molecule has 2 aromatic carbocycles. The summed E-state index contributed by atoms with van der Waals surface area (Å²) in [4.78, 5) is 18.9. The molecule has 4 rings (SSSR count). The third-order valence-corrected chi connectivity index (χ3v) is 6.60. The number of nitrogens with one attached hydrogen (secondary N) is 1. The molecule has 0 unspecified atom stereocenters. The number of hydrogen-bond donors (Lipinski definition) is 1. The molecule has 4 aromatic rings. The predicted octanol–water partition coefficient (Wildman–Crippen LogP) is 7.28. The maximum absolute atomic E-state index is 13.2. The zero-order valence-electron chi connectivity index (χ0n) is 18.2. The Kier molecular flexibility index (Phi) is 6.68. The van der Waals surface area contributed by atoms with Crippen molar-refractivity contribution in [1.82, 2.24) is 10.4 Å². The van der Waals surface area contributed by atoms with E-state index in [4.69, 9.17) is 16.6 Å². The molecule has 0 saturated carbocycles. The Balaban J connectivity index is 1.71. The van der Waals surface area contributed by atoms with E-state index in [1.807, 2.05) is 49.4 Å². The van der Waals surface area contributed by atoms with Gasteiger partial charge in [-0.05, 0) is 42.2 Å². The number of nitrogens with zero attached hydrogens (tertiary/aromatic N) is 2. The number of hydrazone groups is 1. The van der Waals surface area contributed by atoms with Gasteiger partial charge in [-0.2, -0.15) is 5.10 Å². The van der Waals surface area contributed by atoms with Crippen molar-refractivity contribution in [3.8, 4) is 11.3 Å². The SMILES string of the molecule is CC/C(=N/NC(=O)c1cc(-c2ccc(C(C)C)cc2)nc2ccccc12)c1ccc(Cl)s1. The van der Waals surface area contributed by atoms with Crippen LogP contribution in [0.15, 0.2) is 71.8 Å². The molecule has 32 heavy (non-hydrogen) atoms. The molecule has 0 bridgehead atoms. The number of thiophene rings is 1. The fraction of sp³-hybridized carbons (Fsp3) is 0.192. The number of halogens is 1. The van der Waals surface area contributed by atoms with Crippen LogP contribution in [0.5, 0.6) is 0 Å². The molecular formula is C26H24ClN3OS. The van der Waals surface area contributed by atoms with Gasteiger partial charge < -0.3 is 0 Å². The van der Waals surface area contributed by atoms with Crippen molar-refractivity contribution in [3.63, 3.8) is 0 Å². The molecule has 1 amide bonds. The largest absolute Gasteiger partial charge is 0.272 e. The van der Waals surface area contributed by atoms with Crippen LogP contribution in [0.1, 0.15) is 53.9 Å². The summed E-state index contributed by atoms with van der Waals surface area (Å²) in [5.41, 5.74) is 7.84. The second-order valence-electron chi connectivity index (χ2n) is 7.81. The average molecular weight is 462 g/mol. The topological polar surface area (TPSA) is 54.4 Å². The maximum atomic E-state index is 13.2. The van der Waals surface area contributed by atoms with Gasteiger partial charge in [0, 0.05) is 10.9 Å². The highest BCUT2D eigenvalue weighted by atomic mass is 35.5. The van der Waals surface area contributed by atoms with Gasteiger partial charge in [0.25, 0.3) is 5.91 Å². The molecule has 1 N–H and O–H groups in total. The van der Waals surface area contributed by atoms with Gasteiger partial charge in [-0.1, -0.05) is 74.8 Å². The summed E-state index contributed by atoms with van der Waals surface area (Å²) in [6, 6.07) is 21.6. The van der Waals surface area contributed by atoms with Gasteiger partial charge in [0.15, 0.2) is 0 Å². The lowest BCUT2D eigenvalue weighted by Gasteiger charge is -2.11. The van der Waals surface area contributed by atoms with E-state index in [2.05, 4.69) is 48.6 Å². The minimum atomic E-state index is -0.266. The first-order chi connectivity index (χ1) is 15.5. The molecule has 0 aliphatic heterocycles. The van der Waals surface area contributed by atoms with Crippen molar-refractivity contribution in [2.75, 3.05) is 0 Å². The molecule has 0 radical (unpaired) electrons. The highest BCUT2D eigenvalue weighted by Gasteiger charge is 2.15. The molecule has 2 aromatic heterocycles. The smallest absolute Gasteiger partial charge is 0.267 e. The lowest BCUT2D eigenvalue weighted by molar-refractivity contribution is 0.0956. The van der Waals surface area contributed by atoms with E-state index < -0.39 is 0 Å². The molecular weight excluding hydrogens is 438 g/mol. The van der Waals surface area contributed by atoms with Crippen molar-refractivity contribution in [2.24, 2.45) is 5.10 Å². The van der Waals surface area contributed by atoms with E-state index in [-0.39, 0.29) is 5.91 Å². The standard InChI is InChI=1S/C26H24ClN3OS/c1-4-21(24-13-14-25(27)32-24)29-30-26(31)20-15-23(28-22-8-6-5-7-19(20)22)18-11-9-17(10-12-18)16(2)3/h5-16H,4H2,1-3H3,(H,30,31)/b29-21-. The first-order valence-electron chi connectivity index (χ1n) is 10.6. The summed E-state index contributed by atoms with van der Waals surface area (Å²) in [5.74, 6) is 0.191. The molecule has 0 aliphatic carbocycles. The number of para-hydroxylation sites is 1. The van der Waals surface area contributed by atoms with Gasteiger partial charge in [0.05, 0.1) is 31.7 Å². The van der Waals surface area contributed by atoms with Crippen LogP contribution in [0.2, 0.25) is 4.34 Å². The number of pyridine rings is 1. The summed E-state index contributed by atoms with van der Waals surface area (Å²) >= 11 is 7.50. The first kappa shape index (κ1) is 22.2. The van der Waals surface area contributed by atoms with Crippen LogP contribution >= 0.6 is 22.9 Å². The Morgan fingerprint density at radius 3 is 2.50 bits per heavy atom.